The summed E-state index contributed by atoms with van der Waals surface area (Å²) in [6, 6.07) is 3.07. The maximum Gasteiger partial charge on any atom is 0.287 e. The number of hydrogen-bond acceptors (Lipinski definition) is 6. The van der Waals surface area contributed by atoms with Crippen molar-refractivity contribution in [3.8, 4) is 0 Å². The first-order valence-electron chi connectivity index (χ1n) is 5.52. The maximum absolute atomic E-state index is 10.5. The van der Waals surface area contributed by atoms with Crippen molar-refractivity contribution in [3.05, 3.63) is 28.4 Å². The Morgan fingerprint density at radius 1 is 1.28 bits per heavy atom. The number of hydrogen-bond donors (Lipinski definition) is 0. The second-order valence-corrected chi connectivity index (χ2v) is 3.60. The van der Waals surface area contributed by atoms with Gasteiger partial charge in [-0.2, -0.15) is 0 Å². The van der Waals surface area contributed by atoms with Crippen LogP contribution in [0.4, 0.5) is 11.5 Å². The SMILES string of the molecule is COCCN(CCOC)c1ccc([N+](=O)[O-])cn1. The highest BCUT2D eigenvalue weighted by Gasteiger charge is 2.10. The summed E-state index contributed by atoms with van der Waals surface area (Å²) in [4.78, 5) is 16.1. The van der Waals surface area contributed by atoms with Gasteiger partial charge in [0.25, 0.3) is 5.69 Å². The quantitative estimate of drug-likeness (QED) is 0.511. The van der Waals surface area contributed by atoms with Crippen molar-refractivity contribution in [1.29, 1.82) is 0 Å². The minimum atomic E-state index is -0.467. The fourth-order valence-corrected chi connectivity index (χ4v) is 1.42. The number of anilines is 1. The molecule has 1 aromatic heterocycles. The molecule has 1 aromatic rings. The normalized spacial score (nSPS) is 10.3. The van der Waals surface area contributed by atoms with Crippen LogP contribution in [0, 0.1) is 10.1 Å². The van der Waals surface area contributed by atoms with E-state index in [2.05, 4.69) is 4.98 Å². The largest absolute Gasteiger partial charge is 0.383 e. The number of aromatic nitrogens is 1. The molecule has 7 heteroatoms. The monoisotopic (exact) mass is 255 g/mol. The smallest absolute Gasteiger partial charge is 0.287 e. The molecule has 0 saturated heterocycles. The van der Waals surface area contributed by atoms with Gasteiger partial charge in [0.15, 0.2) is 0 Å². The van der Waals surface area contributed by atoms with E-state index in [1.165, 1.54) is 12.3 Å². The van der Waals surface area contributed by atoms with Crippen molar-refractivity contribution in [1.82, 2.24) is 4.98 Å². The lowest BCUT2D eigenvalue weighted by atomic mass is 10.3. The van der Waals surface area contributed by atoms with E-state index in [1.54, 1.807) is 20.3 Å². The topological polar surface area (TPSA) is 77.7 Å². The molecule has 0 atom stereocenters. The number of methoxy groups -OCH3 is 2. The first-order valence-corrected chi connectivity index (χ1v) is 5.52. The molecule has 0 fully saturated rings. The van der Waals surface area contributed by atoms with Gasteiger partial charge in [-0.3, -0.25) is 10.1 Å². The van der Waals surface area contributed by atoms with E-state index in [4.69, 9.17) is 9.47 Å². The lowest BCUT2D eigenvalue weighted by molar-refractivity contribution is -0.385. The molecule has 0 spiro atoms. The zero-order valence-electron chi connectivity index (χ0n) is 10.5. The molecule has 7 nitrogen and oxygen atoms in total. The van der Waals surface area contributed by atoms with Crippen molar-refractivity contribution in [2.24, 2.45) is 0 Å². The molecule has 0 radical (unpaired) electrons. The average Bonchev–Trinajstić information content (AvgIpc) is 2.39. The zero-order chi connectivity index (χ0) is 13.4. The van der Waals surface area contributed by atoms with Gasteiger partial charge in [0.1, 0.15) is 12.0 Å². The minimum absolute atomic E-state index is 0.0165. The summed E-state index contributed by atoms with van der Waals surface area (Å²) in [7, 11) is 3.25. The molecule has 0 bridgehead atoms. The summed E-state index contributed by atoms with van der Waals surface area (Å²) < 4.78 is 10.0. The molecule has 0 N–H and O–H groups in total. The van der Waals surface area contributed by atoms with E-state index in [0.717, 1.165) is 0 Å². The van der Waals surface area contributed by atoms with Crippen LogP contribution < -0.4 is 4.90 Å². The summed E-state index contributed by atoms with van der Waals surface area (Å²) >= 11 is 0. The number of rotatable bonds is 8. The molecular weight excluding hydrogens is 238 g/mol. The van der Waals surface area contributed by atoms with Crippen LogP contribution in [0.3, 0.4) is 0 Å². The van der Waals surface area contributed by atoms with Crippen LogP contribution in [0.25, 0.3) is 0 Å². The Labute approximate surface area is 105 Å². The van der Waals surface area contributed by atoms with Crippen molar-refractivity contribution in [2.75, 3.05) is 45.4 Å². The molecule has 18 heavy (non-hydrogen) atoms. The van der Waals surface area contributed by atoms with E-state index >= 15 is 0 Å². The molecule has 0 aliphatic carbocycles. The van der Waals surface area contributed by atoms with Gasteiger partial charge in [0.2, 0.25) is 0 Å². The lowest BCUT2D eigenvalue weighted by Gasteiger charge is -2.22. The third kappa shape index (κ3) is 4.27. The van der Waals surface area contributed by atoms with E-state index in [9.17, 15) is 10.1 Å². The number of nitrogens with zero attached hydrogens (tertiary/aromatic N) is 3. The van der Waals surface area contributed by atoms with Gasteiger partial charge in [-0.25, -0.2) is 4.98 Å². The Hall–Kier alpha value is -1.73. The van der Waals surface area contributed by atoms with Crippen LogP contribution in [-0.4, -0.2) is 50.4 Å². The lowest BCUT2D eigenvalue weighted by Crippen LogP contribution is -2.31. The third-order valence-electron chi connectivity index (χ3n) is 2.40. The van der Waals surface area contributed by atoms with Crippen molar-refractivity contribution >= 4 is 11.5 Å². The minimum Gasteiger partial charge on any atom is -0.383 e. The van der Waals surface area contributed by atoms with Crippen LogP contribution >= 0.6 is 0 Å². The number of nitro groups is 1. The Kier molecular flexibility index (Phi) is 6.03. The highest BCUT2D eigenvalue weighted by molar-refractivity contribution is 5.42. The highest BCUT2D eigenvalue weighted by atomic mass is 16.6. The second kappa shape index (κ2) is 7.57. The fraction of sp³-hybridized carbons (Fsp3) is 0.545. The first-order chi connectivity index (χ1) is 8.69. The van der Waals surface area contributed by atoms with Crippen LogP contribution in [0.1, 0.15) is 0 Å². The van der Waals surface area contributed by atoms with Crippen molar-refractivity contribution in [2.45, 2.75) is 0 Å². The molecule has 0 aliphatic heterocycles. The molecule has 0 saturated carbocycles. The third-order valence-corrected chi connectivity index (χ3v) is 2.40. The molecule has 1 rings (SSSR count). The molecule has 0 aliphatic rings. The summed E-state index contributed by atoms with van der Waals surface area (Å²) in [6.07, 6.45) is 1.25. The molecule has 0 unspecified atom stereocenters. The summed E-state index contributed by atoms with van der Waals surface area (Å²) in [5, 5.41) is 10.5. The van der Waals surface area contributed by atoms with Crippen LogP contribution in [0.2, 0.25) is 0 Å². The molecule has 0 aromatic carbocycles. The first kappa shape index (κ1) is 14.3. The predicted molar refractivity (Wildman–Crippen MR) is 66.9 cm³/mol. The highest BCUT2D eigenvalue weighted by Crippen LogP contribution is 2.15. The Bertz CT molecular complexity index is 361. The van der Waals surface area contributed by atoms with Crippen LogP contribution in [0.5, 0.6) is 0 Å². The van der Waals surface area contributed by atoms with Gasteiger partial charge in [0, 0.05) is 33.4 Å². The van der Waals surface area contributed by atoms with Gasteiger partial charge in [-0.1, -0.05) is 0 Å². The molecule has 1 heterocycles. The molecule has 100 valence electrons. The van der Waals surface area contributed by atoms with E-state index in [1.807, 2.05) is 4.90 Å². The second-order valence-electron chi connectivity index (χ2n) is 3.60. The standard InChI is InChI=1S/C11H17N3O4/c1-17-7-5-13(6-8-18-2)11-4-3-10(9-12-11)14(15)16/h3-4,9H,5-8H2,1-2H3. The predicted octanol–water partition coefficient (Wildman–Crippen LogP) is 1.09. The Morgan fingerprint density at radius 2 is 1.89 bits per heavy atom. The maximum atomic E-state index is 10.5. The number of pyridine rings is 1. The average molecular weight is 255 g/mol. The zero-order valence-corrected chi connectivity index (χ0v) is 10.5. The molecular formula is C11H17N3O4. The Morgan fingerprint density at radius 3 is 2.28 bits per heavy atom. The van der Waals surface area contributed by atoms with Crippen molar-refractivity contribution < 1.29 is 14.4 Å². The fourth-order valence-electron chi connectivity index (χ4n) is 1.42. The van der Waals surface area contributed by atoms with Gasteiger partial charge < -0.3 is 14.4 Å². The Balaban J connectivity index is 2.73. The van der Waals surface area contributed by atoms with E-state index in [-0.39, 0.29) is 5.69 Å². The van der Waals surface area contributed by atoms with Crippen LogP contribution in [0.15, 0.2) is 18.3 Å². The molecule has 0 amide bonds. The van der Waals surface area contributed by atoms with Gasteiger partial charge >= 0.3 is 0 Å². The van der Waals surface area contributed by atoms with Crippen molar-refractivity contribution in [3.63, 3.8) is 0 Å². The summed E-state index contributed by atoms with van der Waals surface area (Å²) in [5.41, 5.74) is -0.0165. The van der Waals surface area contributed by atoms with E-state index < -0.39 is 4.92 Å². The van der Waals surface area contributed by atoms with Gasteiger partial charge in [-0.15, -0.1) is 0 Å². The van der Waals surface area contributed by atoms with Gasteiger partial charge in [0.05, 0.1) is 18.1 Å². The van der Waals surface area contributed by atoms with Crippen LogP contribution in [-0.2, 0) is 9.47 Å². The van der Waals surface area contributed by atoms with Gasteiger partial charge in [-0.05, 0) is 6.07 Å². The van der Waals surface area contributed by atoms with E-state index in [0.29, 0.717) is 32.1 Å². The summed E-state index contributed by atoms with van der Waals surface area (Å²) in [6.45, 7) is 2.43. The number of ether oxygens (including phenoxy) is 2. The summed E-state index contributed by atoms with van der Waals surface area (Å²) in [5.74, 6) is 0.676.